The van der Waals surface area contributed by atoms with Crippen LogP contribution in [-0.4, -0.2) is 35.0 Å². The molecule has 11 nitrogen and oxygen atoms in total. The van der Waals surface area contributed by atoms with Crippen molar-refractivity contribution in [3.05, 3.63) is 97.2 Å². The fourth-order valence-corrected chi connectivity index (χ4v) is 4.14. The molecule has 2 atom stereocenters. The van der Waals surface area contributed by atoms with Crippen LogP contribution in [0.4, 0.5) is 17.1 Å². The molecule has 0 aromatic heterocycles. The summed E-state index contributed by atoms with van der Waals surface area (Å²) < 4.78 is 10.6. The molecule has 1 N–H and O–H groups in total. The molecule has 3 rings (SSSR count). The van der Waals surface area contributed by atoms with Crippen molar-refractivity contribution in [2.45, 2.75) is 26.7 Å². The first kappa shape index (κ1) is 26.1. The Hall–Kier alpha value is -4.54. The van der Waals surface area contributed by atoms with E-state index in [9.17, 15) is 29.8 Å². The van der Waals surface area contributed by atoms with Gasteiger partial charge in [0.15, 0.2) is 0 Å². The second-order valence-electron chi connectivity index (χ2n) is 7.93. The summed E-state index contributed by atoms with van der Waals surface area (Å²) in [5.74, 6) is -3.27. The molecule has 0 fully saturated rings. The highest BCUT2D eigenvalue weighted by atomic mass is 16.6. The van der Waals surface area contributed by atoms with Gasteiger partial charge in [0.2, 0.25) is 0 Å². The van der Waals surface area contributed by atoms with Crippen LogP contribution in [0.2, 0.25) is 0 Å². The van der Waals surface area contributed by atoms with Gasteiger partial charge in [0.25, 0.3) is 11.4 Å². The first-order valence-corrected chi connectivity index (χ1v) is 11.2. The predicted octanol–water partition coefficient (Wildman–Crippen LogP) is 4.66. The van der Waals surface area contributed by atoms with Crippen molar-refractivity contribution < 1.29 is 28.9 Å². The zero-order valence-corrected chi connectivity index (χ0v) is 19.9. The molecule has 11 heteroatoms. The second-order valence-corrected chi connectivity index (χ2v) is 7.93. The quantitative estimate of drug-likeness (QED) is 0.297. The highest BCUT2D eigenvalue weighted by Gasteiger charge is 2.42. The minimum atomic E-state index is -0.978. The van der Waals surface area contributed by atoms with Crippen LogP contribution in [0, 0.1) is 26.1 Å². The normalized spacial score (nSPS) is 17.1. The molecule has 0 saturated carbocycles. The first-order valence-electron chi connectivity index (χ1n) is 11.2. The number of hydrogen-bond acceptors (Lipinski definition) is 9. The Balaban J connectivity index is 2.25. The Labute approximate surface area is 206 Å². The van der Waals surface area contributed by atoms with Gasteiger partial charge >= 0.3 is 11.9 Å². The summed E-state index contributed by atoms with van der Waals surface area (Å²) in [7, 11) is 0. The number of rotatable bonds is 9. The number of nitrogens with one attached hydrogen (secondary N) is 1. The minimum absolute atomic E-state index is 0.0425. The highest BCUT2D eigenvalue weighted by molar-refractivity contribution is 5.96. The molecule has 0 bridgehead atoms. The average molecular weight is 495 g/mol. The molecular weight excluding hydrogens is 470 g/mol. The molecule has 0 saturated heterocycles. The lowest BCUT2D eigenvalue weighted by molar-refractivity contribution is -0.385. The number of hydrogen-bond donors (Lipinski definition) is 1. The van der Waals surface area contributed by atoms with E-state index < -0.39 is 33.6 Å². The summed E-state index contributed by atoms with van der Waals surface area (Å²) in [4.78, 5) is 47.9. The zero-order valence-electron chi connectivity index (χ0n) is 19.9. The van der Waals surface area contributed by atoms with Crippen molar-refractivity contribution in [2.24, 2.45) is 5.92 Å². The molecule has 0 radical (unpaired) electrons. The van der Waals surface area contributed by atoms with Gasteiger partial charge in [-0.25, -0.2) is 4.79 Å². The predicted molar refractivity (Wildman–Crippen MR) is 130 cm³/mol. The van der Waals surface area contributed by atoms with Crippen molar-refractivity contribution in [1.82, 2.24) is 0 Å². The molecule has 0 heterocycles. The number of anilines is 1. The van der Waals surface area contributed by atoms with Gasteiger partial charge in [0, 0.05) is 41.6 Å². The number of non-ortho nitro benzene ring substituents is 2. The Morgan fingerprint density at radius 2 is 1.56 bits per heavy atom. The van der Waals surface area contributed by atoms with E-state index in [1.807, 2.05) is 0 Å². The average Bonchev–Trinajstić information content (AvgIpc) is 2.84. The summed E-state index contributed by atoms with van der Waals surface area (Å²) >= 11 is 0. The Morgan fingerprint density at radius 1 is 0.944 bits per heavy atom. The van der Waals surface area contributed by atoms with E-state index >= 15 is 0 Å². The van der Waals surface area contributed by atoms with Crippen LogP contribution in [0.15, 0.2) is 71.5 Å². The summed E-state index contributed by atoms with van der Waals surface area (Å²) in [5, 5.41) is 25.7. The SMILES string of the molecule is CCOC(=O)C1=C(Nc2cccc([N+](=O)[O-])c2)C=C(C)[C@@H](C(=O)OCC)[C@H]1c1cccc([N+](=O)[O-])c1. The number of nitro benzene ring substituents is 2. The monoisotopic (exact) mass is 495 g/mol. The van der Waals surface area contributed by atoms with Crippen LogP contribution in [0.25, 0.3) is 0 Å². The van der Waals surface area contributed by atoms with Crippen LogP contribution in [-0.2, 0) is 19.1 Å². The van der Waals surface area contributed by atoms with Crippen LogP contribution in [0.1, 0.15) is 32.3 Å². The largest absolute Gasteiger partial charge is 0.466 e. The van der Waals surface area contributed by atoms with Gasteiger partial charge in [-0.2, -0.15) is 0 Å². The Morgan fingerprint density at radius 3 is 2.17 bits per heavy atom. The van der Waals surface area contributed by atoms with Gasteiger partial charge in [0.05, 0.1) is 34.6 Å². The van der Waals surface area contributed by atoms with Gasteiger partial charge in [-0.15, -0.1) is 0 Å². The summed E-state index contributed by atoms with van der Waals surface area (Å²) in [5.41, 5.74) is 1.14. The maximum absolute atomic E-state index is 13.3. The maximum atomic E-state index is 13.3. The number of benzene rings is 2. The van der Waals surface area contributed by atoms with Crippen molar-refractivity contribution in [1.29, 1.82) is 0 Å². The van der Waals surface area contributed by atoms with E-state index in [0.29, 0.717) is 16.8 Å². The second kappa shape index (κ2) is 11.3. The summed E-state index contributed by atoms with van der Waals surface area (Å²) in [6, 6.07) is 11.4. The molecule has 0 amide bonds. The molecule has 0 spiro atoms. The molecular formula is C25H25N3O8. The third-order valence-electron chi connectivity index (χ3n) is 5.61. The molecule has 1 aliphatic rings. The minimum Gasteiger partial charge on any atom is -0.466 e. The molecule has 1 aliphatic carbocycles. The summed E-state index contributed by atoms with van der Waals surface area (Å²) in [6.45, 7) is 5.10. The number of carbonyl (C=O) groups excluding carboxylic acids is 2. The number of carbonyl (C=O) groups is 2. The molecule has 2 aromatic rings. The fraction of sp³-hybridized carbons (Fsp3) is 0.280. The molecule has 188 valence electrons. The lowest BCUT2D eigenvalue weighted by Gasteiger charge is -2.33. The molecule has 2 aromatic carbocycles. The highest BCUT2D eigenvalue weighted by Crippen LogP contribution is 2.44. The number of nitrogens with zero attached hydrogens (tertiary/aromatic N) is 2. The standard InChI is InChI=1S/C25H25N3O8/c1-4-35-24(29)21-15(3)12-20(26-17-9-7-11-19(14-17)28(33)34)23(25(30)36-5-2)22(21)16-8-6-10-18(13-16)27(31)32/h6-14,21-22,26H,4-5H2,1-3H3/t21-,22-/m1/s1. The van der Waals surface area contributed by atoms with E-state index in [4.69, 9.17) is 9.47 Å². The van der Waals surface area contributed by atoms with Crippen LogP contribution >= 0.6 is 0 Å². The number of esters is 2. The van der Waals surface area contributed by atoms with E-state index in [1.54, 1.807) is 39.0 Å². The van der Waals surface area contributed by atoms with Gasteiger partial charge in [0.1, 0.15) is 0 Å². The van der Waals surface area contributed by atoms with Crippen LogP contribution < -0.4 is 5.32 Å². The molecule has 0 aliphatic heterocycles. The van der Waals surface area contributed by atoms with Crippen molar-refractivity contribution in [3.8, 4) is 0 Å². The lowest BCUT2D eigenvalue weighted by Crippen LogP contribution is -2.34. The van der Waals surface area contributed by atoms with Gasteiger partial charge in [-0.05, 0) is 38.5 Å². The van der Waals surface area contributed by atoms with Crippen LogP contribution in [0.3, 0.4) is 0 Å². The maximum Gasteiger partial charge on any atom is 0.336 e. The first-order chi connectivity index (χ1) is 17.2. The van der Waals surface area contributed by atoms with Crippen molar-refractivity contribution >= 4 is 29.0 Å². The van der Waals surface area contributed by atoms with Crippen molar-refractivity contribution in [2.75, 3.05) is 18.5 Å². The lowest BCUT2D eigenvalue weighted by atomic mass is 9.72. The number of ether oxygens (including phenoxy) is 2. The van der Waals surface area contributed by atoms with E-state index in [2.05, 4.69) is 5.32 Å². The van der Waals surface area contributed by atoms with E-state index in [1.165, 1.54) is 36.4 Å². The van der Waals surface area contributed by atoms with Gasteiger partial charge in [-0.1, -0.05) is 23.8 Å². The third-order valence-corrected chi connectivity index (χ3v) is 5.61. The smallest absolute Gasteiger partial charge is 0.336 e. The Kier molecular flexibility index (Phi) is 8.15. The topological polar surface area (TPSA) is 151 Å². The van der Waals surface area contributed by atoms with E-state index in [0.717, 1.165) is 0 Å². The summed E-state index contributed by atoms with van der Waals surface area (Å²) in [6.07, 6.45) is 1.58. The number of allylic oxidation sites excluding steroid dienone is 1. The van der Waals surface area contributed by atoms with Gasteiger partial charge in [-0.3, -0.25) is 25.0 Å². The van der Waals surface area contributed by atoms with Crippen molar-refractivity contribution in [3.63, 3.8) is 0 Å². The third kappa shape index (κ3) is 5.57. The Bertz CT molecular complexity index is 1270. The zero-order chi connectivity index (χ0) is 26.4. The molecule has 0 unspecified atom stereocenters. The van der Waals surface area contributed by atoms with Gasteiger partial charge < -0.3 is 14.8 Å². The van der Waals surface area contributed by atoms with E-state index in [-0.39, 0.29) is 35.9 Å². The molecule has 36 heavy (non-hydrogen) atoms. The fourth-order valence-electron chi connectivity index (χ4n) is 4.14. The number of nitro groups is 2. The van der Waals surface area contributed by atoms with Crippen LogP contribution in [0.5, 0.6) is 0 Å².